The summed E-state index contributed by atoms with van der Waals surface area (Å²) in [4.78, 5) is 15.7. The number of para-hydroxylation sites is 1. The summed E-state index contributed by atoms with van der Waals surface area (Å²) in [5.41, 5.74) is 7.81. The molecular weight excluding hydrogens is 372 g/mol. The zero-order valence-corrected chi connectivity index (χ0v) is 16.8. The third-order valence-corrected chi connectivity index (χ3v) is 6.58. The molecule has 3 heterocycles. The highest BCUT2D eigenvalue weighted by molar-refractivity contribution is 6.04. The first-order valence-electron chi connectivity index (χ1n) is 10.6. The topological polar surface area (TPSA) is 46.1 Å². The number of anilines is 1. The van der Waals surface area contributed by atoms with Gasteiger partial charge in [-0.05, 0) is 29.7 Å². The van der Waals surface area contributed by atoms with Crippen molar-refractivity contribution in [1.82, 2.24) is 0 Å². The molecule has 0 radical (unpaired) electrons. The molecule has 3 aliphatic heterocycles. The Kier molecular flexibility index (Phi) is 3.83. The van der Waals surface area contributed by atoms with Crippen LogP contribution in [0.15, 0.2) is 84.4 Å². The van der Waals surface area contributed by atoms with E-state index in [0.29, 0.717) is 6.61 Å². The number of rotatable bonds is 3. The fourth-order valence-corrected chi connectivity index (χ4v) is 5.51. The molecule has 4 nitrogen and oxygen atoms in total. The van der Waals surface area contributed by atoms with Crippen LogP contribution in [0.5, 0.6) is 0 Å². The van der Waals surface area contributed by atoms with E-state index in [1.807, 2.05) is 25.1 Å². The normalized spacial score (nSPS) is 23.1. The van der Waals surface area contributed by atoms with Gasteiger partial charge in [0, 0.05) is 5.56 Å². The fourth-order valence-electron chi connectivity index (χ4n) is 5.51. The number of fused-ring (bicyclic) bond motifs is 7. The minimum Gasteiger partial charge on any atom is -0.462 e. The second kappa shape index (κ2) is 6.57. The number of nitrogens with two attached hydrogens (primary N) is 1. The summed E-state index contributed by atoms with van der Waals surface area (Å²) < 4.78 is 5.59. The molecule has 0 aliphatic carbocycles. The van der Waals surface area contributed by atoms with Crippen molar-refractivity contribution in [2.75, 3.05) is 11.5 Å². The first-order valence-corrected chi connectivity index (χ1v) is 10.6. The zero-order valence-electron chi connectivity index (χ0n) is 16.8. The van der Waals surface area contributed by atoms with Crippen molar-refractivity contribution in [3.8, 4) is 0 Å². The molecule has 0 amide bonds. The highest BCUT2D eigenvalue weighted by Gasteiger charge is 2.55. The van der Waals surface area contributed by atoms with E-state index < -0.39 is 0 Å². The summed E-state index contributed by atoms with van der Waals surface area (Å²) in [6.45, 7) is 2.23. The van der Waals surface area contributed by atoms with Crippen molar-refractivity contribution >= 4 is 17.4 Å². The lowest BCUT2D eigenvalue weighted by molar-refractivity contribution is -0.724. The molecule has 0 aromatic heterocycles. The SMILES string of the molecule is CCOC(=O)C1=C(c2ccccc2)N2c3ccccc3[C@@H]3c4ccccc4[C@H]1[NH2+][C@@H]32. The van der Waals surface area contributed by atoms with Gasteiger partial charge < -0.3 is 10.1 Å². The third kappa shape index (κ3) is 2.28. The molecule has 0 saturated carbocycles. The number of benzene rings is 3. The molecule has 4 heteroatoms. The lowest BCUT2D eigenvalue weighted by Crippen LogP contribution is -2.97. The Morgan fingerprint density at radius 1 is 0.900 bits per heavy atom. The minimum atomic E-state index is -0.228. The Bertz CT molecular complexity index is 1180. The smallest absolute Gasteiger partial charge is 0.342 e. The predicted molar refractivity (Wildman–Crippen MR) is 116 cm³/mol. The van der Waals surface area contributed by atoms with Gasteiger partial charge in [-0.15, -0.1) is 0 Å². The molecule has 3 aliphatic rings. The molecule has 6 rings (SSSR count). The molecule has 3 aromatic rings. The van der Waals surface area contributed by atoms with Crippen molar-refractivity contribution in [1.29, 1.82) is 0 Å². The number of ether oxygens (including phenoxy) is 1. The standard InChI is InChI=1S/C26H22N2O2/c1-2-30-26(29)22-23-18-13-7-6-12-17(18)21-19-14-8-9-15-20(19)28(25(21)27-23)24(22)16-10-4-3-5-11-16/h3-15,21,23,25,27H,2H2,1H3/p+1/t21-,23+,25+/m0/s1. The van der Waals surface area contributed by atoms with Crippen LogP contribution in [-0.2, 0) is 9.53 Å². The van der Waals surface area contributed by atoms with Gasteiger partial charge in [-0.1, -0.05) is 72.8 Å². The summed E-state index contributed by atoms with van der Waals surface area (Å²) in [5, 5.41) is 2.35. The Hall–Kier alpha value is -3.37. The predicted octanol–water partition coefficient (Wildman–Crippen LogP) is 3.57. The van der Waals surface area contributed by atoms with Gasteiger partial charge >= 0.3 is 5.97 Å². The zero-order chi connectivity index (χ0) is 20.2. The van der Waals surface area contributed by atoms with Crippen molar-refractivity contribution < 1.29 is 14.8 Å². The number of nitrogens with zero attached hydrogens (tertiary/aromatic N) is 1. The fraction of sp³-hybridized carbons (Fsp3) is 0.192. The third-order valence-electron chi connectivity index (χ3n) is 6.58. The number of carbonyl (C=O) groups excluding carboxylic acids is 1. The van der Waals surface area contributed by atoms with Gasteiger partial charge in [0.05, 0.1) is 23.9 Å². The average molecular weight is 395 g/mol. The van der Waals surface area contributed by atoms with Crippen LogP contribution in [0.4, 0.5) is 5.69 Å². The molecule has 0 fully saturated rings. The van der Waals surface area contributed by atoms with Crippen LogP contribution in [0, 0.1) is 0 Å². The van der Waals surface area contributed by atoms with Gasteiger partial charge in [0.2, 0.25) is 0 Å². The monoisotopic (exact) mass is 395 g/mol. The van der Waals surface area contributed by atoms with Crippen LogP contribution in [0.2, 0.25) is 0 Å². The summed E-state index contributed by atoms with van der Waals surface area (Å²) in [5.74, 6) is 0.0461. The van der Waals surface area contributed by atoms with Gasteiger partial charge in [-0.2, -0.15) is 0 Å². The molecule has 3 atom stereocenters. The van der Waals surface area contributed by atoms with E-state index in [2.05, 4.69) is 70.9 Å². The van der Waals surface area contributed by atoms with Crippen LogP contribution in [0.3, 0.4) is 0 Å². The number of carbonyl (C=O) groups is 1. The maximum Gasteiger partial charge on any atom is 0.342 e. The molecule has 0 spiro atoms. The van der Waals surface area contributed by atoms with E-state index in [4.69, 9.17) is 4.74 Å². The Morgan fingerprint density at radius 2 is 1.57 bits per heavy atom. The van der Waals surface area contributed by atoms with E-state index in [0.717, 1.165) is 16.8 Å². The van der Waals surface area contributed by atoms with E-state index in [1.165, 1.54) is 22.4 Å². The summed E-state index contributed by atoms with van der Waals surface area (Å²) in [6, 6.07) is 27.4. The summed E-state index contributed by atoms with van der Waals surface area (Å²) >= 11 is 0. The van der Waals surface area contributed by atoms with Crippen LogP contribution in [0.25, 0.3) is 5.70 Å². The maximum absolute atomic E-state index is 13.4. The minimum absolute atomic E-state index is 0.0673. The second-order valence-electron chi connectivity index (χ2n) is 8.04. The summed E-state index contributed by atoms with van der Waals surface area (Å²) in [6.07, 6.45) is 0.190. The largest absolute Gasteiger partial charge is 0.462 e. The molecule has 30 heavy (non-hydrogen) atoms. The molecule has 3 aromatic carbocycles. The molecule has 0 unspecified atom stereocenters. The Balaban J connectivity index is 1.72. The van der Waals surface area contributed by atoms with Crippen LogP contribution in [0.1, 0.15) is 41.1 Å². The van der Waals surface area contributed by atoms with E-state index >= 15 is 0 Å². The summed E-state index contributed by atoms with van der Waals surface area (Å²) in [7, 11) is 0. The lowest BCUT2D eigenvalue weighted by atomic mass is 9.78. The van der Waals surface area contributed by atoms with Crippen molar-refractivity contribution in [3.63, 3.8) is 0 Å². The van der Waals surface area contributed by atoms with E-state index in [9.17, 15) is 4.79 Å². The second-order valence-corrected chi connectivity index (χ2v) is 8.04. The Morgan fingerprint density at radius 3 is 2.33 bits per heavy atom. The van der Waals surface area contributed by atoms with Crippen LogP contribution >= 0.6 is 0 Å². The van der Waals surface area contributed by atoms with E-state index in [-0.39, 0.29) is 24.1 Å². The molecular formula is C26H23N2O2+. The Labute approximate surface area is 175 Å². The molecule has 2 bridgehead atoms. The maximum atomic E-state index is 13.4. The van der Waals surface area contributed by atoms with E-state index in [1.54, 1.807) is 0 Å². The van der Waals surface area contributed by atoms with Gasteiger partial charge in [0.25, 0.3) is 0 Å². The van der Waals surface area contributed by atoms with Gasteiger partial charge in [0.15, 0.2) is 6.17 Å². The molecule has 0 saturated heterocycles. The van der Waals surface area contributed by atoms with Crippen molar-refractivity contribution in [3.05, 3.63) is 107 Å². The quantitative estimate of drug-likeness (QED) is 0.690. The average Bonchev–Trinajstić information content (AvgIpc) is 3.15. The molecule has 2 N–H and O–H groups in total. The van der Waals surface area contributed by atoms with Crippen LogP contribution < -0.4 is 10.2 Å². The van der Waals surface area contributed by atoms with Crippen molar-refractivity contribution in [2.45, 2.75) is 25.0 Å². The van der Waals surface area contributed by atoms with Crippen molar-refractivity contribution in [2.24, 2.45) is 0 Å². The van der Waals surface area contributed by atoms with Gasteiger partial charge in [-0.25, -0.2) is 4.79 Å². The lowest BCUT2D eigenvalue weighted by Gasteiger charge is -2.43. The highest BCUT2D eigenvalue weighted by Crippen LogP contribution is 2.53. The first kappa shape index (κ1) is 17.5. The van der Waals surface area contributed by atoms with Gasteiger partial charge in [0.1, 0.15) is 11.6 Å². The first-order chi connectivity index (χ1) is 14.8. The number of quaternary nitrogens is 1. The van der Waals surface area contributed by atoms with Gasteiger partial charge in [-0.3, -0.25) is 4.90 Å². The highest BCUT2D eigenvalue weighted by atomic mass is 16.5. The van der Waals surface area contributed by atoms with Crippen LogP contribution in [-0.4, -0.2) is 18.7 Å². The number of hydrogen-bond donors (Lipinski definition) is 1. The number of hydrogen-bond acceptors (Lipinski definition) is 3. The number of esters is 1. The molecule has 148 valence electrons.